The van der Waals surface area contributed by atoms with E-state index in [9.17, 15) is 9.90 Å². The molecule has 3 atom stereocenters. The van der Waals surface area contributed by atoms with Gasteiger partial charge in [-0.2, -0.15) is 0 Å². The topological polar surface area (TPSA) is 97.8 Å². The molecule has 2 aliphatic rings. The van der Waals surface area contributed by atoms with Gasteiger partial charge in [-0.25, -0.2) is 4.79 Å². The van der Waals surface area contributed by atoms with Gasteiger partial charge >= 0.3 is 6.03 Å². The summed E-state index contributed by atoms with van der Waals surface area (Å²) in [5, 5.41) is 21.8. The first-order valence-electron chi connectivity index (χ1n) is 7.85. The second-order valence-corrected chi connectivity index (χ2v) is 5.97. The highest BCUT2D eigenvalue weighted by atomic mass is 16.5. The Morgan fingerprint density at radius 2 is 2.32 bits per heavy atom. The summed E-state index contributed by atoms with van der Waals surface area (Å²) in [7, 11) is 0. The molecule has 1 aromatic rings. The summed E-state index contributed by atoms with van der Waals surface area (Å²) in [6.45, 7) is 2.34. The summed E-state index contributed by atoms with van der Waals surface area (Å²) in [4.78, 5) is 17.1. The molecule has 2 amide bonds. The van der Waals surface area contributed by atoms with Crippen LogP contribution in [0.2, 0.25) is 0 Å². The van der Waals surface area contributed by atoms with E-state index in [2.05, 4.69) is 23.3 Å². The number of nitrogens with one attached hydrogen (secondary N) is 2. The standard InChI is InChI=1S/C15H23N3O4/c1-2-3-4-10-5-9-7-18(15(21)17-14(9)16-10)13-6-11(20)12(8-19)22-13/h5,11-13,16,19-20H,2-4,6-8H2,1H3,(H,17,21)/t11-,12+,13+/m0/s1. The number of hydrogen-bond donors (Lipinski definition) is 4. The number of aromatic nitrogens is 1. The highest BCUT2D eigenvalue weighted by molar-refractivity contribution is 5.91. The smallest absolute Gasteiger partial charge is 0.325 e. The van der Waals surface area contributed by atoms with Crippen molar-refractivity contribution in [1.29, 1.82) is 0 Å². The van der Waals surface area contributed by atoms with Gasteiger partial charge in [-0.05, 0) is 18.9 Å². The number of aromatic amines is 1. The van der Waals surface area contributed by atoms with Crippen LogP contribution < -0.4 is 5.32 Å². The van der Waals surface area contributed by atoms with Crippen LogP contribution in [0.15, 0.2) is 6.07 Å². The molecule has 0 spiro atoms. The van der Waals surface area contributed by atoms with E-state index in [1.807, 2.05) is 0 Å². The zero-order valence-electron chi connectivity index (χ0n) is 12.7. The molecule has 3 rings (SSSR count). The lowest BCUT2D eigenvalue weighted by molar-refractivity contribution is -0.0653. The second kappa shape index (κ2) is 6.28. The zero-order chi connectivity index (χ0) is 15.7. The van der Waals surface area contributed by atoms with Gasteiger partial charge in [0.1, 0.15) is 18.1 Å². The Bertz CT molecular complexity index is 545. The fraction of sp³-hybridized carbons (Fsp3) is 0.667. The molecular weight excluding hydrogens is 286 g/mol. The molecule has 0 saturated carbocycles. The number of amides is 2. The molecule has 1 fully saturated rings. The number of carbonyl (C=O) groups is 1. The number of fused-ring (bicyclic) bond motifs is 1. The number of nitrogens with zero attached hydrogens (tertiary/aromatic N) is 1. The Morgan fingerprint density at radius 3 is 3.00 bits per heavy atom. The van der Waals surface area contributed by atoms with Crippen molar-refractivity contribution in [3.63, 3.8) is 0 Å². The van der Waals surface area contributed by atoms with Crippen molar-refractivity contribution in [3.8, 4) is 0 Å². The Kier molecular flexibility index (Phi) is 4.37. The summed E-state index contributed by atoms with van der Waals surface area (Å²) in [5.41, 5.74) is 2.14. The van der Waals surface area contributed by atoms with E-state index in [1.54, 1.807) is 4.90 Å². The summed E-state index contributed by atoms with van der Waals surface area (Å²) < 4.78 is 5.57. The van der Waals surface area contributed by atoms with Crippen LogP contribution in [0.5, 0.6) is 0 Å². The van der Waals surface area contributed by atoms with Crippen molar-refractivity contribution in [2.45, 2.75) is 57.6 Å². The van der Waals surface area contributed by atoms with Crippen LogP contribution in [-0.2, 0) is 17.7 Å². The molecule has 0 bridgehead atoms. The second-order valence-electron chi connectivity index (χ2n) is 5.97. The summed E-state index contributed by atoms with van der Waals surface area (Å²) in [6, 6.07) is 1.83. The molecule has 0 unspecified atom stereocenters. The predicted octanol–water partition coefficient (Wildman–Crippen LogP) is 1.17. The van der Waals surface area contributed by atoms with E-state index in [0.29, 0.717) is 13.0 Å². The van der Waals surface area contributed by atoms with Crippen LogP contribution in [0.4, 0.5) is 10.6 Å². The molecule has 7 heteroatoms. The van der Waals surface area contributed by atoms with Gasteiger partial charge in [-0.1, -0.05) is 13.3 Å². The van der Waals surface area contributed by atoms with Crippen molar-refractivity contribution < 1.29 is 19.7 Å². The van der Waals surface area contributed by atoms with Crippen LogP contribution in [0.25, 0.3) is 0 Å². The van der Waals surface area contributed by atoms with Gasteiger partial charge in [0.15, 0.2) is 0 Å². The third kappa shape index (κ3) is 2.84. The first-order chi connectivity index (χ1) is 10.6. The average Bonchev–Trinajstić information content (AvgIpc) is 3.06. The third-order valence-corrected chi connectivity index (χ3v) is 4.32. The highest BCUT2D eigenvalue weighted by Gasteiger charge is 2.40. The number of aliphatic hydroxyl groups is 2. The Morgan fingerprint density at radius 1 is 1.50 bits per heavy atom. The van der Waals surface area contributed by atoms with E-state index in [1.165, 1.54) is 0 Å². The van der Waals surface area contributed by atoms with Gasteiger partial charge in [0, 0.05) is 17.7 Å². The number of aryl methyl sites for hydroxylation is 1. The van der Waals surface area contributed by atoms with E-state index in [-0.39, 0.29) is 12.6 Å². The SMILES string of the molecule is CCCCc1cc2c([nH]1)NC(=O)N([C@H]1C[C@H](O)[C@@H](CO)O1)C2. The lowest BCUT2D eigenvalue weighted by atomic mass is 10.1. The monoisotopic (exact) mass is 309 g/mol. The van der Waals surface area contributed by atoms with Gasteiger partial charge in [0.05, 0.1) is 19.3 Å². The molecule has 1 saturated heterocycles. The van der Waals surface area contributed by atoms with Gasteiger partial charge in [-0.15, -0.1) is 0 Å². The van der Waals surface area contributed by atoms with Crippen molar-refractivity contribution in [2.24, 2.45) is 0 Å². The third-order valence-electron chi connectivity index (χ3n) is 4.32. The lowest BCUT2D eigenvalue weighted by Gasteiger charge is -2.31. The van der Waals surface area contributed by atoms with Crippen molar-refractivity contribution in [1.82, 2.24) is 9.88 Å². The van der Waals surface area contributed by atoms with E-state index in [0.717, 1.165) is 36.3 Å². The molecule has 1 aromatic heterocycles. The number of aliphatic hydroxyl groups excluding tert-OH is 2. The van der Waals surface area contributed by atoms with Crippen LogP contribution in [-0.4, -0.2) is 51.2 Å². The first-order valence-corrected chi connectivity index (χ1v) is 7.85. The van der Waals surface area contributed by atoms with Crippen LogP contribution in [0, 0.1) is 0 Å². The Labute approximate surface area is 129 Å². The molecule has 0 aromatic carbocycles. The molecule has 7 nitrogen and oxygen atoms in total. The van der Waals surface area contributed by atoms with Crippen molar-refractivity contribution in [3.05, 3.63) is 17.3 Å². The molecule has 122 valence electrons. The van der Waals surface area contributed by atoms with Crippen molar-refractivity contribution >= 4 is 11.8 Å². The molecule has 2 aliphatic heterocycles. The maximum atomic E-state index is 12.2. The van der Waals surface area contributed by atoms with Gasteiger partial charge in [0.25, 0.3) is 0 Å². The molecule has 3 heterocycles. The minimum atomic E-state index is -0.740. The van der Waals surface area contributed by atoms with Crippen LogP contribution in [0.1, 0.15) is 37.4 Å². The van der Waals surface area contributed by atoms with Crippen LogP contribution >= 0.6 is 0 Å². The highest BCUT2D eigenvalue weighted by Crippen LogP contribution is 2.30. The molecule has 4 N–H and O–H groups in total. The van der Waals surface area contributed by atoms with Gasteiger partial charge in [0.2, 0.25) is 0 Å². The van der Waals surface area contributed by atoms with Gasteiger partial charge in [-0.3, -0.25) is 10.2 Å². The Hall–Kier alpha value is -1.57. The number of carbonyl (C=O) groups excluding carboxylic acids is 1. The minimum Gasteiger partial charge on any atom is -0.394 e. The number of urea groups is 1. The maximum Gasteiger partial charge on any atom is 0.325 e. The number of anilines is 1. The normalized spacial score (nSPS) is 27.9. The van der Waals surface area contributed by atoms with E-state index < -0.39 is 18.4 Å². The van der Waals surface area contributed by atoms with E-state index in [4.69, 9.17) is 9.84 Å². The summed E-state index contributed by atoms with van der Waals surface area (Å²) in [6.07, 6.45) is 1.65. The van der Waals surface area contributed by atoms with Crippen LogP contribution in [0.3, 0.4) is 0 Å². The number of rotatable bonds is 5. The quantitative estimate of drug-likeness (QED) is 0.656. The fourth-order valence-corrected chi connectivity index (χ4v) is 3.04. The zero-order valence-corrected chi connectivity index (χ0v) is 12.7. The summed E-state index contributed by atoms with van der Waals surface area (Å²) >= 11 is 0. The van der Waals surface area contributed by atoms with Gasteiger partial charge < -0.3 is 19.9 Å². The fourth-order valence-electron chi connectivity index (χ4n) is 3.04. The molecule has 0 aliphatic carbocycles. The molecular formula is C15H23N3O4. The summed E-state index contributed by atoms with van der Waals surface area (Å²) in [5.74, 6) is 0.754. The number of unbranched alkanes of at least 4 members (excludes halogenated alkanes) is 1. The predicted molar refractivity (Wildman–Crippen MR) is 80.3 cm³/mol. The number of ether oxygens (including phenoxy) is 1. The maximum absolute atomic E-state index is 12.2. The molecule has 22 heavy (non-hydrogen) atoms. The minimum absolute atomic E-state index is 0.243. The molecule has 0 radical (unpaired) electrons. The average molecular weight is 309 g/mol. The van der Waals surface area contributed by atoms with Crippen molar-refractivity contribution in [2.75, 3.05) is 11.9 Å². The lowest BCUT2D eigenvalue weighted by Crippen LogP contribution is -2.45. The largest absolute Gasteiger partial charge is 0.394 e. The number of H-pyrrole nitrogens is 1. The van der Waals surface area contributed by atoms with E-state index >= 15 is 0 Å². The Balaban J connectivity index is 1.71. The number of hydrogen-bond acceptors (Lipinski definition) is 4. The first kappa shape index (κ1) is 15.3.